The second-order valence-corrected chi connectivity index (χ2v) is 6.94. The van der Waals surface area contributed by atoms with Crippen molar-refractivity contribution < 1.29 is 19.1 Å². The van der Waals surface area contributed by atoms with Gasteiger partial charge < -0.3 is 14.9 Å². The number of ketones is 1. The van der Waals surface area contributed by atoms with E-state index >= 15 is 0 Å². The van der Waals surface area contributed by atoms with E-state index in [1.165, 1.54) is 41.6 Å². The van der Waals surface area contributed by atoms with E-state index in [-0.39, 0.29) is 11.3 Å². The molecule has 0 radical (unpaired) electrons. The lowest BCUT2D eigenvalue weighted by Gasteiger charge is -2.26. The number of nitrogens with zero attached hydrogens (tertiary/aromatic N) is 3. The van der Waals surface area contributed by atoms with Crippen molar-refractivity contribution in [3.63, 3.8) is 0 Å². The van der Waals surface area contributed by atoms with Gasteiger partial charge in [-0.15, -0.1) is 0 Å². The van der Waals surface area contributed by atoms with Crippen LogP contribution in [0.25, 0.3) is 5.76 Å². The summed E-state index contributed by atoms with van der Waals surface area (Å²) >= 11 is 0. The Balaban J connectivity index is 2.07. The smallest absolute Gasteiger partial charge is 0.295 e. The molecule has 0 saturated carbocycles. The number of carbonyl (C=O) groups is 2. The van der Waals surface area contributed by atoms with Gasteiger partial charge >= 0.3 is 0 Å². The van der Waals surface area contributed by atoms with Crippen LogP contribution in [0.3, 0.4) is 0 Å². The summed E-state index contributed by atoms with van der Waals surface area (Å²) in [5.74, 6) is -2.08. The Labute approximate surface area is 162 Å². The molecule has 1 aromatic heterocycles. The number of hydrogen-bond acceptors (Lipinski definition) is 5. The van der Waals surface area contributed by atoms with Gasteiger partial charge in [-0.05, 0) is 56.9 Å². The van der Waals surface area contributed by atoms with Crippen molar-refractivity contribution in [2.45, 2.75) is 12.5 Å². The highest BCUT2D eigenvalue weighted by molar-refractivity contribution is 6.46. The maximum atomic E-state index is 13.4. The Morgan fingerprint density at radius 2 is 1.79 bits per heavy atom. The number of aliphatic hydroxyl groups is 1. The Morgan fingerprint density at radius 3 is 2.39 bits per heavy atom. The Bertz CT molecular complexity index is 895. The number of likely N-dealkylation sites (tertiary alicyclic amines) is 1. The minimum Gasteiger partial charge on any atom is -0.507 e. The van der Waals surface area contributed by atoms with Gasteiger partial charge in [0.15, 0.2) is 0 Å². The molecule has 1 amide bonds. The van der Waals surface area contributed by atoms with Gasteiger partial charge in [-0.1, -0.05) is 12.1 Å². The molecule has 6 nitrogen and oxygen atoms in total. The molecule has 2 aromatic rings. The zero-order chi connectivity index (χ0) is 20.3. The number of rotatable bonds is 6. The van der Waals surface area contributed by atoms with Gasteiger partial charge in [-0.25, -0.2) is 4.39 Å². The number of aromatic nitrogens is 1. The second kappa shape index (κ2) is 8.31. The number of benzene rings is 1. The summed E-state index contributed by atoms with van der Waals surface area (Å²) < 4.78 is 13.4. The van der Waals surface area contributed by atoms with E-state index < -0.39 is 23.5 Å². The van der Waals surface area contributed by atoms with Gasteiger partial charge in [0.25, 0.3) is 11.7 Å². The summed E-state index contributed by atoms with van der Waals surface area (Å²) in [4.78, 5) is 32.8. The van der Waals surface area contributed by atoms with Crippen LogP contribution in [0.5, 0.6) is 0 Å². The van der Waals surface area contributed by atoms with Crippen LogP contribution in [-0.4, -0.2) is 58.8 Å². The minimum absolute atomic E-state index is 0.00709. The van der Waals surface area contributed by atoms with Crippen molar-refractivity contribution in [2.75, 3.05) is 27.2 Å². The van der Waals surface area contributed by atoms with Crippen LogP contribution in [0.4, 0.5) is 4.39 Å². The molecule has 28 heavy (non-hydrogen) atoms. The van der Waals surface area contributed by atoms with Crippen molar-refractivity contribution in [3.05, 3.63) is 71.3 Å². The molecule has 1 aliphatic heterocycles. The average Bonchev–Trinajstić information content (AvgIpc) is 2.93. The topological polar surface area (TPSA) is 73.7 Å². The predicted molar refractivity (Wildman–Crippen MR) is 103 cm³/mol. The molecule has 1 aliphatic rings. The zero-order valence-electron chi connectivity index (χ0n) is 15.8. The van der Waals surface area contributed by atoms with E-state index in [9.17, 15) is 19.1 Å². The quantitative estimate of drug-likeness (QED) is 0.472. The molecule has 2 heterocycles. The van der Waals surface area contributed by atoms with E-state index in [1.807, 2.05) is 19.0 Å². The van der Waals surface area contributed by atoms with Crippen molar-refractivity contribution in [1.82, 2.24) is 14.8 Å². The summed E-state index contributed by atoms with van der Waals surface area (Å²) in [6, 6.07) is 7.99. The highest BCUT2D eigenvalue weighted by Crippen LogP contribution is 2.39. The van der Waals surface area contributed by atoms with Crippen molar-refractivity contribution >= 4 is 17.4 Å². The fraction of sp³-hybridized carbons (Fsp3) is 0.286. The van der Waals surface area contributed by atoms with E-state index in [1.54, 1.807) is 12.1 Å². The monoisotopic (exact) mass is 383 g/mol. The fourth-order valence-electron chi connectivity index (χ4n) is 3.32. The van der Waals surface area contributed by atoms with Gasteiger partial charge in [-0.3, -0.25) is 14.6 Å². The number of aliphatic hydroxyl groups excluding tert-OH is 1. The maximum absolute atomic E-state index is 13.4. The molecular weight excluding hydrogens is 361 g/mol. The van der Waals surface area contributed by atoms with Crippen LogP contribution in [0.1, 0.15) is 23.6 Å². The molecule has 1 saturated heterocycles. The molecule has 7 heteroatoms. The maximum Gasteiger partial charge on any atom is 0.295 e. The van der Waals surface area contributed by atoms with Crippen LogP contribution < -0.4 is 0 Å². The molecule has 0 bridgehead atoms. The van der Waals surface area contributed by atoms with Gasteiger partial charge in [-0.2, -0.15) is 0 Å². The standard InChI is InChI=1S/C21H22FN3O3/c1-24(2)12-3-13-25-18(14-4-6-16(22)7-5-14)17(20(27)21(25)28)19(26)15-8-10-23-11-9-15/h4-11,18,26H,3,12-13H2,1-2H3/b19-17-. The lowest BCUT2D eigenvalue weighted by molar-refractivity contribution is -0.139. The lowest BCUT2D eigenvalue weighted by atomic mass is 9.95. The highest BCUT2D eigenvalue weighted by Gasteiger charge is 2.45. The first-order chi connectivity index (χ1) is 13.4. The summed E-state index contributed by atoms with van der Waals surface area (Å²) in [5, 5.41) is 10.8. The Hall–Kier alpha value is -3.06. The van der Waals surface area contributed by atoms with Gasteiger partial charge in [0, 0.05) is 24.5 Å². The highest BCUT2D eigenvalue weighted by atomic mass is 19.1. The predicted octanol–water partition coefficient (Wildman–Crippen LogP) is 2.59. The number of halogens is 1. The van der Waals surface area contributed by atoms with E-state index in [2.05, 4.69) is 4.98 Å². The lowest BCUT2D eigenvalue weighted by Crippen LogP contribution is -2.32. The third kappa shape index (κ3) is 3.94. The third-order valence-electron chi connectivity index (χ3n) is 4.68. The SMILES string of the molecule is CN(C)CCCN1C(=O)C(=O)/C(=C(\O)c2ccncc2)C1c1ccc(F)cc1. The van der Waals surface area contributed by atoms with Crippen LogP contribution in [0.2, 0.25) is 0 Å². The van der Waals surface area contributed by atoms with Crippen LogP contribution in [-0.2, 0) is 9.59 Å². The molecule has 1 unspecified atom stereocenters. The van der Waals surface area contributed by atoms with Gasteiger partial charge in [0.1, 0.15) is 11.6 Å². The molecule has 1 atom stereocenters. The van der Waals surface area contributed by atoms with Gasteiger partial charge in [0.2, 0.25) is 0 Å². The minimum atomic E-state index is -0.768. The zero-order valence-corrected chi connectivity index (χ0v) is 15.8. The Morgan fingerprint density at radius 1 is 1.14 bits per heavy atom. The summed E-state index contributed by atoms with van der Waals surface area (Å²) in [7, 11) is 3.85. The summed E-state index contributed by atoms with van der Waals surface area (Å²) in [5.41, 5.74) is 0.974. The van der Waals surface area contributed by atoms with Crippen molar-refractivity contribution in [2.24, 2.45) is 0 Å². The normalized spacial score (nSPS) is 18.9. The largest absolute Gasteiger partial charge is 0.507 e. The molecule has 1 N–H and O–H groups in total. The van der Waals surface area contributed by atoms with Gasteiger partial charge in [0.05, 0.1) is 11.6 Å². The number of carbonyl (C=O) groups excluding carboxylic acids is 2. The second-order valence-electron chi connectivity index (χ2n) is 6.94. The number of hydrogen-bond donors (Lipinski definition) is 1. The number of Topliss-reactive ketones (excluding diaryl/α,β-unsaturated/α-hetero) is 1. The molecule has 1 fully saturated rings. The number of amides is 1. The molecular formula is C21H22FN3O3. The molecule has 0 spiro atoms. The van der Waals surface area contributed by atoms with Crippen LogP contribution in [0, 0.1) is 5.82 Å². The molecule has 0 aliphatic carbocycles. The van der Waals surface area contributed by atoms with E-state index in [0.717, 1.165) is 6.54 Å². The van der Waals surface area contributed by atoms with Crippen LogP contribution in [0.15, 0.2) is 54.4 Å². The van der Waals surface area contributed by atoms with E-state index in [4.69, 9.17) is 0 Å². The summed E-state index contributed by atoms with van der Waals surface area (Å²) in [6.07, 6.45) is 3.65. The Kier molecular flexibility index (Phi) is 5.84. The molecule has 146 valence electrons. The molecule has 3 rings (SSSR count). The fourth-order valence-corrected chi connectivity index (χ4v) is 3.32. The molecule has 1 aromatic carbocycles. The first kappa shape index (κ1) is 19.7. The van der Waals surface area contributed by atoms with Crippen molar-refractivity contribution in [1.29, 1.82) is 0 Å². The van der Waals surface area contributed by atoms with Crippen molar-refractivity contribution in [3.8, 4) is 0 Å². The average molecular weight is 383 g/mol. The first-order valence-electron chi connectivity index (χ1n) is 8.99. The number of pyridine rings is 1. The first-order valence-corrected chi connectivity index (χ1v) is 8.99. The van der Waals surface area contributed by atoms with Crippen LogP contribution >= 0.6 is 0 Å². The third-order valence-corrected chi connectivity index (χ3v) is 4.68. The summed E-state index contributed by atoms with van der Waals surface area (Å²) in [6.45, 7) is 1.08. The van der Waals surface area contributed by atoms with E-state index in [0.29, 0.717) is 24.1 Å².